The topological polar surface area (TPSA) is 66.8 Å². The van der Waals surface area contributed by atoms with Gasteiger partial charge < -0.3 is 4.98 Å². The van der Waals surface area contributed by atoms with E-state index in [-0.39, 0.29) is 11.6 Å². The monoisotopic (exact) mass is 323 g/mol. The van der Waals surface area contributed by atoms with Gasteiger partial charge in [-0.25, -0.2) is 4.98 Å². The quantitative estimate of drug-likeness (QED) is 0.798. The van der Waals surface area contributed by atoms with Crippen molar-refractivity contribution < 1.29 is 0 Å². The van der Waals surface area contributed by atoms with Gasteiger partial charge in [-0.05, 0) is 37.6 Å². The summed E-state index contributed by atoms with van der Waals surface area (Å²) in [5, 5.41) is 4.88. The van der Waals surface area contributed by atoms with Crippen LogP contribution in [0.1, 0.15) is 30.4 Å². The van der Waals surface area contributed by atoms with Crippen molar-refractivity contribution in [1.82, 2.24) is 24.6 Å². The molecule has 124 valence electrons. The molecule has 1 N–H and O–H groups in total. The third-order valence-corrected chi connectivity index (χ3v) is 4.89. The molecule has 6 nitrogen and oxygen atoms in total. The van der Waals surface area contributed by atoms with E-state index in [9.17, 15) is 4.79 Å². The number of rotatable bonds is 4. The van der Waals surface area contributed by atoms with Crippen molar-refractivity contribution in [3.05, 3.63) is 58.4 Å². The van der Waals surface area contributed by atoms with Gasteiger partial charge in [0.15, 0.2) is 0 Å². The van der Waals surface area contributed by atoms with Gasteiger partial charge in [-0.15, -0.1) is 0 Å². The van der Waals surface area contributed by atoms with Gasteiger partial charge in [0.05, 0.1) is 16.9 Å². The molecular formula is C18H21N5O. The highest BCUT2D eigenvalue weighted by Gasteiger charge is 2.28. The van der Waals surface area contributed by atoms with Crippen LogP contribution in [0.3, 0.4) is 0 Å². The number of H-pyrrole nitrogens is 1. The van der Waals surface area contributed by atoms with Gasteiger partial charge in [0.25, 0.3) is 5.56 Å². The Balaban J connectivity index is 1.58. The van der Waals surface area contributed by atoms with Gasteiger partial charge in [-0.3, -0.25) is 14.4 Å². The minimum Gasteiger partial charge on any atom is -0.309 e. The number of aryl methyl sites for hydroxylation is 1. The van der Waals surface area contributed by atoms with E-state index in [1.54, 1.807) is 0 Å². The number of hydrogen-bond donors (Lipinski definition) is 1. The molecule has 0 saturated carbocycles. The third-order valence-electron chi connectivity index (χ3n) is 4.89. The van der Waals surface area contributed by atoms with E-state index in [0.29, 0.717) is 5.39 Å². The van der Waals surface area contributed by atoms with Crippen molar-refractivity contribution in [2.75, 3.05) is 13.1 Å². The number of nitrogens with zero attached hydrogens (tertiary/aromatic N) is 4. The van der Waals surface area contributed by atoms with Crippen LogP contribution in [0.2, 0.25) is 0 Å². The van der Waals surface area contributed by atoms with E-state index in [2.05, 4.69) is 21.0 Å². The first-order valence-electron chi connectivity index (χ1n) is 8.42. The summed E-state index contributed by atoms with van der Waals surface area (Å²) in [4.78, 5) is 22.5. The average Bonchev–Trinajstić information content (AvgIpc) is 3.21. The molecule has 3 aromatic rings. The summed E-state index contributed by atoms with van der Waals surface area (Å²) >= 11 is 0. The lowest BCUT2D eigenvalue weighted by molar-refractivity contribution is 0.250. The minimum atomic E-state index is -0.0471. The fraction of sp³-hybridized carbons (Fsp3) is 0.389. The zero-order valence-electron chi connectivity index (χ0n) is 13.8. The summed E-state index contributed by atoms with van der Waals surface area (Å²) < 4.78 is 1.92. The van der Waals surface area contributed by atoms with E-state index < -0.39 is 0 Å². The normalized spacial score (nSPS) is 18.5. The predicted molar refractivity (Wildman–Crippen MR) is 92.8 cm³/mol. The molecule has 1 aliphatic heterocycles. The van der Waals surface area contributed by atoms with Crippen molar-refractivity contribution in [2.45, 2.75) is 25.3 Å². The first-order valence-corrected chi connectivity index (χ1v) is 8.42. The third kappa shape index (κ3) is 2.73. The molecule has 6 heteroatoms. The van der Waals surface area contributed by atoms with Crippen molar-refractivity contribution in [2.24, 2.45) is 7.05 Å². The molecule has 0 amide bonds. The fourth-order valence-electron chi connectivity index (χ4n) is 3.57. The van der Waals surface area contributed by atoms with Crippen LogP contribution in [0.25, 0.3) is 10.9 Å². The molecule has 24 heavy (non-hydrogen) atoms. The lowest BCUT2D eigenvalue weighted by atomic mass is 10.1. The number of aromatic nitrogens is 4. The average molecular weight is 323 g/mol. The Bertz CT molecular complexity index is 913. The van der Waals surface area contributed by atoms with Crippen LogP contribution >= 0.6 is 0 Å². The SMILES string of the molecule is Cn1nccc1CCN1CCCC1c1nc2ccccc2c(=O)[nH]1. The van der Waals surface area contributed by atoms with Crippen molar-refractivity contribution in [3.63, 3.8) is 0 Å². The number of para-hydroxylation sites is 1. The Labute approximate surface area is 140 Å². The summed E-state index contributed by atoms with van der Waals surface area (Å²) in [6.07, 6.45) is 4.95. The Morgan fingerprint density at radius 2 is 2.17 bits per heavy atom. The number of hydrogen-bond acceptors (Lipinski definition) is 4. The number of fused-ring (bicyclic) bond motifs is 1. The van der Waals surface area contributed by atoms with Crippen LogP contribution in [0, 0.1) is 0 Å². The standard InChI is InChI=1S/C18H21N5O/c1-22-13(8-10-19-22)9-12-23-11-4-7-16(23)17-20-15-6-3-2-5-14(15)18(24)21-17/h2-3,5-6,8,10,16H,4,7,9,11-12H2,1H3,(H,20,21,24). The highest BCUT2D eigenvalue weighted by Crippen LogP contribution is 2.29. The number of aromatic amines is 1. The molecular weight excluding hydrogens is 302 g/mol. The van der Waals surface area contributed by atoms with E-state index >= 15 is 0 Å². The summed E-state index contributed by atoms with van der Waals surface area (Å²) in [5.74, 6) is 0.793. The lowest BCUT2D eigenvalue weighted by Gasteiger charge is -2.23. The number of nitrogens with one attached hydrogen (secondary N) is 1. The fourth-order valence-corrected chi connectivity index (χ4v) is 3.57. The van der Waals surface area contributed by atoms with Gasteiger partial charge in [0.1, 0.15) is 5.82 Å². The summed E-state index contributed by atoms with van der Waals surface area (Å²) in [6, 6.07) is 9.77. The second-order valence-corrected chi connectivity index (χ2v) is 6.36. The highest BCUT2D eigenvalue weighted by atomic mass is 16.1. The molecule has 0 spiro atoms. The molecule has 1 aliphatic rings. The molecule has 1 aromatic carbocycles. The molecule has 0 radical (unpaired) electrons. The van der Waals surface area contributed by atoms with Crippen LogP contribution in [-0.2, 0) is 13.5 Å². The van der Waals surface area contributed by atoms with Crippen LogP contribution < -0.4 is 5.56 Å². The van der Waals surface area contributed by atoms with Gasteiger partial charge in [-0.1, -0.05) is 12.1 Å². The highest BCUT2D eigenvalue weighted by molar-refractivity contribution is 5.77. The Morgan fingerprint density at radius 1 is 1.29 bits per heavy atom. The first-order chi connectivity index (χ1) is 11.7. The molecule has 4 rings (SSSR count). The van der Waals surface area contributed by atoms with Gasteiger partial charge in [0, 0.05) is 31.9 Å². The van der Waals surface area contributed by atoms with E-state index in [1.165, 1.54) is 5.69 Å². The molecule has 1 fully saturated rings. The van der Waals surface area contributed by atoms with Gasteiger partial charge in [-0.2, -0.15) is 5.10 Å². The Kier molecular flexibility index (Phi) is 3.90. The lowest BCUT2D eigenvalue weighted by Crippen LogP contribution is -2.29. The molecule has 1 unspecified atom stereocenters. The maximum Gasteiger partial charge on any atom is 0.258 e. The summed E-state index contributed by atoms with van der Waals surface area (Å²) in [6.45, 7) is 1.99. The smallest absolute Gasteiger partial charge is 0.258 e. The van der Waals surface area contributed by atoms with Gasteiger partial charge in [0.2, 0.25) is 0 Å². The predicted octanol–water partition coefficient (Wildman–Crippen LogP) is 2.04. The zero-order chi connectivity index (χ0) is 16.5. The maximum atomic E-state index is 12.3. The largest absolute Gasteiger partial charge is 0.309 e. The second kappa shape index (κ2) is 6.20. The van der Waals surface area contributed by atoms with Crippen LogP contribution in [-0.4, -0.2) is 37.7 Å². The molecule has 3 heterocycles. The zero-order valence-corrected chi connectivity index (χ0v) is 13.8. The van der Waals surface area contributed by atoms with E-state index in [0.717, 1.165) is 43.7 Å². The van der Waals surface area contributed by atoms with Gasteiger partial charge >= 0.3 is 0 Å². The van der Waals surface area contributed by atoms with Crippen LogP contribution in [0.4, 0.5) is 0 Å². The van der Waals surface area contributed by atoms with E-state index in [1.807, 2.05) is 42.2 Å². The maximum absolute atomic E-state index is 12.3. The minimum absolute atomic E-state index is 0.0471. The van der Waals surface area contributed by atoms with Crippen LogP contribution in [0.5, 0.6) is 0 Å². The Hall–Kier alpha value is -2.47. The van der Waals surface area contributed by atoms with E-state index in [4.69, 9.17) is 4.98 Å². The molecule has 1 saturated heterocycles. The molecule has 0 aliphatic carbocycles. The van der Waals surface area contributed by atoms with Crippen molar-refractivity contribution in [3.8, 4) is 0 Å². The second-order valence-electron chi connectivity index (χ2n) is 6.36. The summed E-state index contributed by atoms with van der Waals surface area (Å²) in [7, 11) is 1.97. The van der Waals surface area contributed by atoms with Crippen molar-refractivity contribution in [1.29, 1.82) is 0 Å². The van der Waals surface area contributed by atoms with Crippen LogP contribution in [0.15, 0.2) is 41.3 Å². The number of benzene rings is 1. The first kappa shape index (κ1) is 15.1. The summed E-state index contributed by atoms with van der Waals surface area (Å²) in [5.41, 5.74) is 1.95. The molecule has 0 bridgehead atoms. The van der Waals surface area contributed by atoms with Crippen molar-refractivity contribution >= 4 is 10.9 Å². The molecule has 1 atom stereocenters. The molecule has 2 aromatic heterocycles. The number of likely N-dealkylation sites (tertiary alicyclic amines) is 1. The Morgan fingerprint density at radius 3 is 3.00 bits per heavy atom.